The van der Waals surface area contributed by atoms with E-state index in [1.54, 1.807) is 7.11 Å². The fourth-order valence-electron chi connectivity index (χ4n) is 1.48. The molecule has 4 heteroatoms. The second kappa shape index (κ2) is 5.49. The van der Waals surface area contributed by atoms with Crippen molar-refractivity contribution < 1.29 is 9.84 Å². The lowest BCUT2D eigenvalue weighted by molar-refractivity contribution is 0.186. The van der Waals surface area contributed by atoms with Gasteiger partial charge >= 0.3 is 0 Å². The molecule has 0 heterocycles. The van der Waals surface area contributed by atoms with Crippen molar-refractivity contribution in [2.24, 2.45) is 5.73 Å². The van der Waals surface area contributed by atoms with Crippen molar-refractivity contribution in [3.05, 3.63) is 27.7 Å². The molecule has 84 valence electrons. The predicted molar refractivity (Wildman–Crippen MR) is 64.1 cm³/mol. The van der Waals surface area contributed by atoms with Gasteiger partial charge in [-0.15, -0.1) is 0 Å². The molecular formula is C11H16BrNO2. The molecule has 0 aliphatic carbocycles. The fourth-order valence-corrected chi connectivity index (χ4v) is 2.23. The summed E-state index contributed by atoms with van der Waals surface area (Å²) >= 11 is 3.46. The summed E-state index contributed by atoms with van der Waals surface area (Å²) < 4.78 is 6.22. The molecule has 1 rings (SSSR count). The maximum atomic E-state index is 9.64. The second-order valence-corrected chi connectivity index (χ2v) is 4.14. The van der Waals surface area contributed by atoms with Gasteiger partial charge in [0.05, 0.1) is 13.2 Å². The Morgan fingerprint density at radius 1 is 1.53 bits per heavy atom. The second-order valence-electron chi connectivity index (χ2n) is 3.29. The molecule has 15 heavy (non-hydrogen) atoms. The zero-order chi connectivity index (χ0) is 11.4. The Balaban J connectivity index is 3.19. The quantitative estimate of drug-likeness (QED) is 0.883. The molecule has 0 amide bonds. The SMILES string of the molecule is CCc1c(Br)cc(C(O)CN)cc1OC. The van der Waals surface area contributed by atoms with Crippen molar-refractivity contribution in [3.63, 3.8) is 0 Å². The highest BCUT2D eigenvalue weighted by Gasteiger charge is 2.12. The number of hydrogen-bond acceptors (Lipinski definition) is 3. The molecule has 0 aromatic heterocycles. The van der Waals surface area contributed by atoms with Gasteiger partial charge in [0, 0.05) is 16.6 Å². The Morgan fingerprint density at radius 3 is 2.67 bits per heavy atom. The Hall–Kier alpha value is -0.580. The molecule has 0 aliphatic heterocycles. The van der Waals surface area contributed by atoms with Crippen molar-refractivity contribution in [2.75, 3.05) is 13.7 Å². The Morgan fingerprint density at radius 2 is 2.20 bits per heavy atom. The molecule has 0 spiro atoms. The molecule has 3 nitrogen and oxygen atoms in total. The van der Waals surface area contributed by atoms with Crippen molar-refractivity contribution in [1.29, 1.82) is 0 Å². The highest BCUT2D eigenvalue weighted by molar-refractivity contribution is 9.10. The van der Waals surface area contributed by atoms with Gasteiger partial charge in [-0.1, -0.05) is 22.9 Å². The molecule has 0 saturated heterocycles. The van der Waals surface area contributed by atoms with E-state index in [2.05, 4.69) is 22.9 Å². The molecule has 0 radical (unpaired) electrons. The summed E-state index contributed by atoms with van der Waals surface area (Å²) in [6, 6.07) is 3.72. The zero-order valence-corrected chi connectivity index (χ0v) is 10.5. The molecule has 0 saturated carbocycles. The molecule has 0 aliphatic rings. The fraction of sp³-hybridized carbons (Fsp3) is 0.455. The number of aliphatic hydroxyl groups excluding tert-OH is 1. The lowest BCUT2D eigenvalue weighted by Crippen LogP contribution is -2.12. The third-order valence-corrected chi connectivity index (χ3v) is 3.07. The molecule has 1 atom stereocenters. The Bertz CT molecular complexity index is 342. The van der Waals surface area contributed by atoms with Crippen LogP contribution in [0.1, 0.15) is 24.2 Å². The summed E-state index contributed by atoms with van der Waals surface area (Å²) in [6.07, 6.45) is 0.240. The van der Waals surface area contributed by atoms with Crippen LogP contribution in [0.4, 0.5) is 0 Å². The summed E-state index contributed by atoms with van der Waals surface area (Å²) in [5.41, 5.74) is 7.29. The van der Waals surface area contributed by atoms with Crippen LogP contribution in [0.15, 0.2) is 16.6 Å². The summed E-state index contributed by atoms with van der Waals surface area (Å²) in [5.74, 6) is 0.786. The maximum Gasteiger partial charge on any atom is 0.123 e. The van der Waals surface area contributed by atoms with Gasteiger partial charge in [-0.3, -0.25) is 0 Å². The summed E-state index contributed by atoms with van der Waals surface area (Å²) in [4.78, 5) is 0. The standard InChI is InChI=1S/C11H16BrNO2/c1-3-8-9(12)4-7(10(14)6-13)5-11(8)15-2/h4-5,10,14H,3,6,13H2,1-2H3. The van der Waals surface area contributed by atoms with Crippen LogP contribution >= 0.6 is 15.9 Å². The number of aliphatic hydroxyl groups is 1. The molecule has 1 aromatic rings. The minimum absolute atomic E-state index is 0.209. The Kier molecular flexibility index (Phi) is 4.57. The minimum atomic E-state index is -0.638. The first-order valence-electron chi connectivity index (χ1n) is 4.88. The smallest absolute Gasteiger partial charge is 0.123 e. The van der Waals surface area contributed by atoms with Crippen molar-refractivity contribution >= 4 is 15.9 Å². The van der Waals surface area contributed by atoms with Gasteiger partial charge in [0.1, 0.15) is 5.75 Å². The van der Waals surface area contributed by atoms with Crippen molar-refractivity contribution in [2.45, 2.75) is 19.4 Å². The largest absolute Gasteiger partial charge is 0.496 e. The third-order valence-electron chi connectivity index (χ3n) is 2.36. The van der Waals surface area contributed by atoms with E-state index in [4.69, 9.17) is 10.5 Å². The van der Waals surface area contributed by atoms with Crippen LogP contribution in [0.5, 0.6) is 5.75 Å². The van der Waals surface area contributed by atoms with E-state index in [0.29, 0.717) is 0 Å². The average Bonchev–Trinajstić information content (AvgIpc) is 2.26. The normalized spacial score (nSPS) is 12.6. The van der Waals surface area contributed by atoms with Crippen LogP contribution in [-0.4, -0.2) is 18.8 Å². The number of rotatable bonds is 4. The van der Waals surface area contributed by atoms with E-state index in [0.717, 1.165) is 27.8 Å². The van der Waals surface area contributed by atoms with E-state index in [1.165, 1.54) is 0 Å². The number of ether oxygens (including phenoxy) is 1. The molecule has 0 bridgehead atoms. The number of halogens is 1. The topological polar surface area (TPSA) is 55.5 Å². The first-order chi connectivity index (χ1) is 7.13. The van der Waals surface area contributed by atoms with Gasteiger partial charge < -0.3 is 15.6 Å². The first-order valence-corrected chi connectivity index (χ1v) is 5.67. The van der Waals surface area contributed by atoms with Crippen LogP contribution < -0.4 is 10.5 Å². The number of nitrogens with two attached hydrogens (primary N) is 1. The number of methoxy groups -OCH3 is 1. The first kappa shape index (κ1) is 12.5. The monoisotopic (exact) mass is 273 g/mol. The summed E-state index contributed by atoms with van der Waals surface area (Å²) in [5, 5.41) is 9.64. The molecule has 1 aromatic carbocycles. The third kappa shape index (κ3) is 2.71. The average molecular weight is 274 g/mol. The van der Waals surface area contributed by atoms with E-state index in [-0.39, 0.29) is 6.54 Å². The van der Waals surface area contributed by atoms with Crippen LogP contribution in [0, 0.1) is 0 Å². The van der Waals surface area contributed by atoms with Crippen LogP contribution in [0.3, 0.4) is 0 Å². The number of benzene rings is 1. The van der Waals surface area contributed by atoms with E-state index >= 15 is 0 Å². The van der Waals surface area contributed by atoms with E-state index in [1.807, 2.05) is 12.1 Å². The van der Waals surface area contributed by atoms with Gasteiger partial charge in [-0.05, 0) is 24.1 Å². The highest BCUT2D eigenvalue weighted by atomic mass is 79.9. The van der Waals surface area contributed by atoms with Gasteiger partial charge in [-0.25, -0.2) is 0 Å². The van der Waals surface area contributed by atoms with Gasteiger partial charge in [0.25, 0.3) is 0 Å². The summed E-state index contributed by atoms with van der Waals surface area (Å²) in [7, 11) is 1.62. The van der Waals surface area contributed by atoms with E-state index in [9.17, 15) is 5.11 Å². The minimum Gasteiger partial charge on any atom is -0.496 e. The number of hydrogen-bond donors (Lipinski definition) is 2. The molecule has 0 fully saturated rings. The van der Waals surface area contributed by atoms with Crippen LogP contribution in [0.2, 0.25) is 0 Å². The summed E-state index contributed by atoms with van der Waals surface area (Å²) in [6.45, 7) is 2.27. The predicted octanol–water partition coefficient (Wildman–Crippen LogP) is 2.01. The lowest BCUT2D eigenvalue weighted by Gasteiger charge is -2.14. The zero-order valence-electron chi connectivity index (χ0n) is 8.96. The van der Waals surface area contributed by atoms with Crippen LogP contribution in [-0.2, 0) is 6.42 Å². The molecule has 1 unspecified atom stereocenters. The highest BCUT2D eigenvalue weighted by Crippen LogP contribution is 2.31. The van der Waals surface area contributed by atoms with Crippen molar-refractivity contribution in [1.82, 2.24) is 0 Å². The van der Waals surface area contributed by atoms with Gasteiger partial charge in [0.15, 0.2) is 0 Å². The van der Waals surface area contributed by atoms with Gasteiger partial charge in [-0.2, -0.15) is 0 Å². The Labute approximate surface area is 98.4 Å². The van der Waals surface area contributed by atoms with Crippen LogP contribution in [0.25, 0.3) is 0 Å². The molecular weight excluding hydrogens is 258 g/mol. The van der Waals surface area contributed by atoms with Gasteiger partial charge in [0.2, 0.25) is 0 Å². The lowest BCUT2D eigenvalue weighted by atomic mass is 10.0. The van der Waals surface area contributed by atoms with E-state index < -0.39 is 6.10 Å². The maximum absolute atomic E-state index is 9.64. The van der Waals surface area contributed by atoms with Crippen molar-refractivity contribution in [3.8, 4) is 5.75 Å². The molecule has 3 N–H and O–H groups in total.